The van der Waals surface area contributed by atoms with E-state index in [1.807, 2.05) is 52.0 Å². The third-order valence-corrected chi connectivity index (χ3v) is 7.96. The van der Waals surface area contributed by atoms with Crippen LogP contribution >= 0.6 is 0 Å². The third kappa shape index (κ3) is 5.12. The fraction of sp³-hybridized carbons (Fsp3) is 0.556. The van der Waals surface area contributed by atoms with Crippen LogP contribution in [0.4, 0.5) is 8.78 Å². The number of hydrogen-bond acceptors (Lipinski definition) is 5. The van der Waals surface area contributed by atoms with Gasteiger partial charge in [-0.1, -0.05) is 12.1 Å². The zero-order chi connectivity index (χ0) is 24.8. The second-order valence-corrected chi connectivity index (χ2v) is 10.9. The average molecular weight is 485 g/mol. The van der Waals surface area contributed by atoms with Crippen LogP contribution in [0.3, 0.4) is 0 Å². The van der Waals surface area contributed by atoms with Crippen LogP contribution in [0.1, 0.15) is 58.6 Å². The lowest BCUT2D eigenvalue weighted by atomic mass is 9.79. The van der Waals surface area contributed by atoms with Gasteiger partial charge in [0, 0.05) is 24.7 Å². The number of ether oxygens (including phenoxy) is 2. The number of hydrogen-bond donors (Lipinski definition) is 0. The van der Waals surface area contributed by atoms with Gasteiger partial charge in [-0.15, -0.1) is 0 Å². The molecule has 0 unspecified atom stereocenters. The van der Waals surface area contributed by atoms with Gasteiger partial charge in [0.05, 0.1) is 23.9 Å². The minimum Gasteiger partial charge on any atom is -0.489 e. The highest BCUT2D eigenvalue weighted by Crippen LogP contribution is 2.37. The summed E-state index contributed by atoms with van der Waals surface area (Å²) in [5, 5.41) is 0. The lowest BCUT2D eigenvalue weighted by molar-refractivity contribution is -0.0361. The second-order valence-electron chi connectivity index (χ2n) is 10.9. The van der Waals surface area contributed by atoms with Gasteiger partial charge in [0.25, 0.3) is 0 Å². The Kier molecular flexibility index (Phi) is 6.68. The summed E-state index contributed by atoms with van der Waals surface area (Å²) in [4.78, 5) is 2.39. The Balaban J connectivity index is 1.12. The van der Waals surface area contributed by atoms with Crippen molar-refractivity contribution < 1.29 is 27.6 Å². The van der Waals surface area contributed by atoms with E-state index in [1.54, 1.807) is 0 Å². The van der Waals surface area contributed by atoms with E-state index in [4.69, 9.17) is 18.8 Å². The number of nitrogens with zero attached hydrogens (tertiary/aromatic N) is 1. The fourth-order valence-corrected chi connectivity index (χ4v) is 5.09. The Morgan fingerprint density at radius 2 is 1.66 bits per heavy atom. The molecule has 0 N–H and O–H groups in total. The maximum atomic E-state index is 14.1. The van der Waals surface area contributed by atoms with Crippen LogP contribution in [-0.2, 0) is 14.0 Å². The highest BCUT2D eigenvalue weighted by atomic mass is 19.1. The van der Waals surface area contributed by atoms with Crippen molar-refractivity contribution in [3.05, 3.63) is 59.7 Å². The first-order valence-electron chi connectivity index (χ1n) is 12.5. The van der Waals surface area contributed by atoms with Crippen LogP contribution in [0.25, 0.3) is 0 Å². The third-order valence-electron chi connectivity index (χ3n) is 7.96. The van der Waals surface area contributed by atoms with E-state index in [9.17, 15) is 8.78 Å². The molecule has 35 heavy (non-hydrogen) atoms. The molecule has 3 atom stereocenters. The molecule has 0 radical (unpaired) electrons. The summed E-state index contributed by atoms with van der Waals surface area (Å²) in [5.41, 5.74) is 0.561. The summed E-state index contributed by atoms with van der Waals surface area (Å²) < 4.78 is 52.1. The predicted molar refractivity (Wildman–Crippen MR) is 131 cm³/mol. The molecule has 2 aromatic rings. The molecule has 3 heterocycles. The smallest absolute Gasteiger partial charge is 0.489 e. The van der Waals surface area contributed by atoms with Gasteiger partial charge in [0.2, 0.25) is 0 Å². The highest BCUT2D eigenvalue weighted by Gasteiger charge is 2.51. The molecule has 0 bridgehead atoms. The first-order chi connectivity index (χ1) is 16.6. The summed E-state index contributed by atoms with van der Waals surface area (Å²) in [5.74, 6) is -0.0108. The van der Waals surface area contributed by atoms with Crippen molar-refractivity contribution in [2.75, 3.05) is 19.7 Å². The monoisotopic (exact) mass is 485 g/mol. The molecule has 2 aromatic carbocycles. The minimum absolute atomic E-state index is 0.107. The van der Waals surface area contributed by atoms with E-state index in [2.05, 4.69) is 4.90 Å². The molecule has 3 aliphatic heterocycles. The SMILES string of the molecule is CC1(C)OB(c2ccc(O[C@@H]3CCN([C@@H]4CC[C@@H](c5cc(F)ccc5F)OC4)C3)cc2)OC1(C)C. The van der Waals surface area contributed by atoms with E-state index < -0.39 is 11.6 Å². The molecule has 5 rings (SSSR count). The van der Waals surface area contributed by atoms with Crippen molar-refractivity contribution in [2.45, 2.75) is 76.4 Å². The van der Waals surface area contributed by atoms with Gasteiger partial charge in [0.15, 0.2) is 0 Å². The molecule has 0 aromatic heterocycles. The van der Waals surface area contributed by atoms with E-state index in [-0.39, 0.29) is 36.6 Å². The van der Waals surface area contributed by atoms with Gasteiger partial charge in [-0.2, -0.15) is 0 Å². The zero-order valence-corrected chi connectivity index (χ0v) is 20.9. The maximum Gasteiger partial charge on any atom is 0.494 e. The van der Waals surface area contributed by atoms with Crippen LogP contribution in [0.15, 0.2) is 42.5 Å². The molecular formula is C27H34BF2NO4. The van der Waals surface area contributed by atoms with Crippen molar-refractivity contribution >= 4 is 12.6 Å². The Morgan fingerprint density at radius 3 is 2.31 bits per heavy atom. The van der Waals surface area contributed by atoms with Gasteiger partial charge in [-0.3, -0.25) is 4.90 Å². The molecule has 0 amide bonds. The quantitative estimate of drug-likeness (QED) is 0.578. The van der Waals surface area contributed by atoms with Gasteiger partial charge in [-0.05, 0) is 82.8 Å². The van der Waals surface area contributed by atoms with Crippen LogP contribution in [0.5, 0.6) is 5.75 Å². The Morgan fingerprint density at radius 1 is 0.943 bits per heavy atom. The standard InChI is InChI=1S/C27H34BF2NO4/c1-26(2)27(3,4)35-28(34-26)18-5-9-21(10-6-18)33-22-13-14-31(16-22)20-8-12-25(32-17-20)23-15-19(29)7-11-24(23)30/h5-7,9-11,15,20,22,25H,8,12-14,16-17H2,1-4H3/t20-,22-,25+/m1/s1. The first kappa shape index (κ1) is 24.7. The lowest BCUT2D eigenvalue weighted by Crippen LogP contribution is -2.41. The van der Waals surface area contributed by atoms with Gasteiger partial charge < -0.3 is 18.8 Å². The van der Waals surface area contributed by atoms with E-state index in [0.29, 0.717) is 18.6 Å². The van der Waals surface area contributed by atoms with Gasteiger partial charge >= 0.3 is 7.12 Å². The molecule has 5 nitrogen and oxygen atoms in total. The largest absolute Gasteiger partial charge is 0.494 e. The Bertz CT molecular complexity index is 1020. The Hall–Kier alpha value is -2.00. The first-order valence-corrected chi connectivity index (χ1v) is 12.5. The molecule has 0 saturated carbocycles. The summed E-state index contributed by atoms with van der Waals surface area (Å²) in [6.07, 6.45) is 2.22. The van der Waals surface area contributed by atoms with Crippen molar-refractivity contribution in [2.24, 2.45) is 0 Å². The molecule has 0 spiro atoms. The lowest BCUT2D eigenvalue weighted by Gasteiger charge is -2.35. The summed E-state index contributed by atoms with van der Waals surface area (Å²) >= 11 is 0. The summed E-state index contributed by atoms with van der Waals surface area (Å²) in [6, 6.07) is 11.8. The average Bonchev–Trinajstić information content (AvgIpc) is 3.37. The predicted octanol–water partition coefficient (Wildman–Crippen LogP) is 4.64. The van der Waals surface area contributed by atoms with E-state index in [0.717, 1.165) is 43.2 Å². The maximum absolute atomic E-state index is 14.1. The van der Waals surface area contributed by atoms with Crippen LogP contribution in [0, 0.1) is 11.6 Å². The van der Waals surface area contributed by atoms with E-state index >= 15 is 0 Å². The summed E-state index contributed by atoms with van der Waals surface area (Å²) in [7, 11) is -0.382. The van der Waals surface area contributed by atoms with E-state index in [1.165, 1.54) is 12.1 Å². The van der Waals surface area contributed by atoms with Crippen molar-refractivity contribution in [3.8, 4) is 5.75 Å². The van der Waals surface area contributed by atoms with Gasteiger partial charge in [-0.25, -0.2) is 8.78 Å². The second kappa shape index (κ2) is 9.47. The summed E-state index contributed by atoms with van der Waals surface area (Å²) in [6.45, 7) is 10.5. The van der Waals surface area contributed by atoms with Crippen molar-refractivity contribution in [1.29, 1.82) is 0 Å². The molecule has 0 aliphatic carbocycles. The van der Waals surface area contributed by atoms with Crippen LogP contribution in [-0.4, -0.2) is 55.1 Å². The van der Waals surface area contributed by atoms with Gasteiger partial charge in [0.1, 0.15) is 23.5 Å². The molecule has 188 valence electrons. The molecular weight excluding hydrogens is 451 g/mol. The molecule has 3 saturated heterocycles. The molecule has 8 heteroatoms. The fourth-order valence-electron chi connectivity index (χ4n) is 5.09. The topological polar surface area (TPSA) is 40.2 Å². The number of halogens is 2. The number of likely N-dealkylation sites (tertiary alicyclic amines) is 1. The zero-order valence-electron chi connectivity index (χ0n) is 20.9. The minimum atomic E-state index is -0.435. The number of rotatable bonds is 5. The van der Waals surface area contributed by atoms with Crippen LogP contribution < -0.4 is 10.2 Å². The number of benzene rings is 2. The molecule has 3 aliphatic rings. The normalized spacial score (nSPS) is 28.4. The Labute approximate surface area is 206 Å². The molecule has 3 fully saturated rings. The highest BCUT2D eigenvalue weighted by molar-refractivity contribution is 6.62. The van der Waals surface area contributed by atoms with Crippen LogP contribution in [0.2, 0.25) is 0 Å². The van der Waals surface area contributed by atoms with Crippen molar-refractivity contribution in [3.63, 3.8) is 0 Å². The van der Waals surface area contributed by atoms with Crippen molar-refractivity contribution in [1.82, 2.24) is 4.90 Å².